The van der Waals surface area contributed by atoms with Gasteiger partial charge in [0.05, 0.1) is 6.54 Å². The molecule has 32 heavy (non-hydrogen) atoms. The Morgan fingerprint density at radius 1 is 1.12 bits per heavy atom. The number of aromatic amines is 1. The zero-order valence-electron chi connectivity index (χ0n) is 17.3. The highest BCUT2D eigenvalue weighted by Gasteiger charge is 2.57. The smallest absolute Gasteiger partial charge is 0.379 e. The highest BCUT2D eigenvalue weighted by atomic mass is 19.4. The zero-order chi connectivity index (χ0) is 22.5. The minimum Gasteiger partial charge on any atom is -0.379 e. The van der Waals surface area contributed by atoms with E-state index >= 15 is 0 Å². The number of halogens is 3. The monoisotopic (exact) mass is 451 g/mol. The summed E-state index contributed by atoms with van der Waals surface area (Å²) in [7, 11) is 0. The van der Waals surface area contributed by atoms with E-state index in [0.29, 0.717) is 32.0 Å². The number of rotatable bonds is 3. The number of carbonyl (C=O) groups is 1. The molecule has 3 aliphatic rings. The number of alkyl halides is 3. The van der Waals surface area contributed by atoms with Crippen molar-refractivity contribution in [2.24, 2.45) is 0 Å². The van der Waals surface area contributed by atoms with Crippen LogP contribution in [0.3, 0.4) is 0 Å². The normalized spacial score (nSPS) is 26.6. The van der Waals surface area contributed by atoms with Crippen LogP contribution in [0.4, 0.5) is 23.8 Å². The Bertz CT molecular complexity index is 963. The lowest BCUT2D eigenvalue weighted by molar-refractivity contribution is -0.250. The third-order valence-electron chi connectivity index (χ3n) is 6.77. The average molecular weight is 451 g/mol. The van der Waals surface area contributed by atoms with Crippen molar-refractivity contribution in [2.75, 3.05) is 44.2 Å². The van der Waals surface area contributed by atoms with Crippen molar-refractivity contribution in [1.82, 2.24) is 30.0 Å². The molecule has 5 rings (SSSR count). The van der Waals surface area contributed by atoms with E-state index in [1.165, 1.54) is 11.2 Å². The number of nitrogens with zero attached hydrogens (tertiary/aromatic N) is 6. The lowest BCUT2D eigenvalue weighted by atomic mass is 9.93. The number of anilines is 1. The van der Waals surface area contributed by atoms with Gasteiger partial charge in [-0.15, -0.1) is 0 Å². The Morgan fingerprint density at radius 3 is 2.53 bits per heavy atom. The molecule has 3 aliphatic heterocycles. The molecule has 0 spiro atoms. The van der Waals surface area contributed by atoms with Gasteiger partial charge in [0.2, 0.25) is 0 Å². The number of urea groups is 1. The maximum absolute atomic E-state index is 13.0. The molecule has 0 aliphatic carbocycles. The third kappa shape index (κ3) is 3.65. The van der Waals surface area contributed by atoms with Gasteiger partial charge in [-0.25, -0.2) is 14.8 Å². The minimum absolute atomic E-state index is 0.0105. The number of hydrogen-bond donors (Lipinski definition) is 2. The van der Waals surface area contributed by atoms with Crippen LogP contribution in [0.2, 0.25) is 0 Å². The third-order valence-corrected chi connectivity index (χ3v) is 6.77. The minimum atomic E-state index is -4.66. The van der Waals surface area contributed by atoms with Crippen LogP contribution in [0.25, 0.3) is 0 Å². The molecule has 2 amide bonds. The fourth-order valence-electron chi connectivity index (χ4n) is 4.66. The molecule has 2 atom stereocenters. The van der Waals surface area contributed by atoms with Crippen LogP contribution in [-0.2, 0) is 0 Å². The first-order valence-electron chi connectivity index (χ1n) is 10.6. The highest BCUT2D eigenvalue weighted by Crippen LogP contribution is 2.39. The van der Waals surface area contributed by atoms with Gasteiger partial charge in [0.1, 0.15) is 18.0 Å². The standard InChI is InChI=1S/C20H24F3N7O2/c21-20(22,23)19(32)4-6-29(11-19)16-2-1-13(7-24-16)15-9-30(10-15)18(31)28-5-3-14(8-28)17-25-12-26-27-17/h1-2,7,12,14-15,32H,3-6,8-11H2,(H,25,26,27)/t14-,19?/m0/s1. The number of H-pyrrole nitrogens is 1. The van der Waals surface area contributed by atoms with Gasteiger partial charge in [0.25, 0.3) is 0 Å². The van der Waals surface area contributed by atoms with Gasteiger partial charge in [0, 0.05) is 57.2 Å². The first kappa shape index (κ1) is 21.0. The summed E-state index contributed by atoms with van der Waals surface area (Å²) in [5.41, 5.74) is -1.74. The number of nitrogens with one attached hydrogen (secondary N) is 1. The summed E-state index contributed by atoms with van der Waals surface area (Å²) in [5, 5.41) is 16.6. The summed E-state index contributed by atoms with van der Waals surface area (Å²) in [4.78, 5) is 26.3. The number of β-amino-alcohol motifs (C(OH)–C–C–N with tert-alkyl or cyclic N) is 1. The first-order chi connectivity index (χ1) is 15.2. The topological polar surface area (TPSA) is 101 Å². The molecule has 2 aromatic rings. The summed E-state index contributed by atoms with van der Waals surface area (Å²) in [6.45, 7) is 2.05. The first-order valence-corrected chi connectivity index (χ1v) is 10.6. The Hall–Kier alpha value is -2.89. The fourth-order valence-corrected chi connectivity index (χ4v) is 4.66. The van der Waals surface area contributed by atoms with Gasteiger partial charge in [-0.3, -0.25) is 5.10 Å². The molecule has 0 saturated carbocycles. The summed E-state index contributed by atoms with van der Waals surface area (Å²) in [5.74, 6) is 1.55. The number of likely N-dealkylation sites (tertiary alicyclic amines) is 2. The van der Waals surface area contributed by atoms with E-state index in [4.69, 9.17) is 0 Å². The largest absolute Gasteiger partial charge is 0.418 e. The van der Waals surface area contributed by atoms with Crippen LogP contribution >= 0.6 is 0 Å². The predicted octanol–water partition coefficient (Wildman–Crippen LogP) is 1.71. The number of aromatic nitrogens is 4. The van der Waals surface area contributed by atoms with E-state index in [2.05, 4.69) is 20.2 Å². The van der Waals surface area contributed by atoms with Gasteiger partial charge in [-0.1, -0.05) is 6.07 Å². The van der Waals surface area contributed by atoms with Gasteiger partial charge < -0.3 is 19.8 Å². The molecular formula is C20H24F3N7O2. The number of amides is 2. The van der Waals surface area contributed by atoms with Gasteiger partial charge in [0.15, 0.2) is 5.60 Å². The second kappa shape index (κ2) is 7.61. The fraction of sp³-hybridized carbons (Fsp3) is 0.600. The van der Waals surface area contributed by atoms with Crippen molar-refractivity contribution in [3.05, 3.63) is 36.0 Å². The van der Waals surface area contributed by atoms with Crippen LogP contribution < -0.4 is 4.90 Å². The second-order valence-electron chi connectivity index (χ2n) is 8.84. The van der Waals surface area contributed by atoms with Crippen LogP contribution in [-0.4, -0.2) is 92.1 Å². The Kier molecular flexibility index (Phi) is 4.99. The van der Waals surface area contributed by atoms with E-state index in [-0.39, 0.29) is 30.8 Å². The Labute approximate surface area is 182 Å². The molecule has 172 valence electrons. The quantitative estimate of drug-likeness (QED) is 0.737. The van der Waals surface area contributed by atoms with Gasteiger partial charge >= 0.3 is 12.2 Å². The van der Waals surface area contributed by atoms with Crippen molar-refractivity contribution in [2.45, 2.75) is 36.5 Å². The van der Waals surface area contributed by atoms with E-state index < -0.39 is 18.3 Å². The molecule has 1 unspecified atom stereocenters. The zero-order valence-corrected chi connectivity index (χ0v) is 17.3. The lowest BCUT2D eigenvalue weighted by Gasteiger charge is -2.41. The Balaban J connectivity index is 1.14. The molecule has 2 aromatic heterocycles. The molecule has 3 saturated heterocycles. The van der Waals surface area contributed by atoms with Crippen LogP contribution in [0, 0.1) is 0 Å². The van der Waals surface area contributed by atoms with Gasteiger partial charge in [-0.05, 0) is 18.1 Å². The number of hydrogen-bond acceptors (Lipinski definition) is 6. The molecule has 5 heterocycles. The summed E-state index contributed by atoms with van der Waals surface area (Å²) in [6.07, 6.45) is -1.05. The van der Waals surface area contributed by atoms with Crippen molar-refractivity contribution in [3.63, 3.8) is 0 Å². The maximum Gasteiger partial charge on any atom is 0.418 e. The Morgan fingerprint density at radius 2 is 1.91 bits per heavy atom. The summed E-state index contributed by atoms with van der Waals surface area (Å²) >= 11 is 0. The highest BCUT2D eigenvalue weighted by molar-refractivity contribution is 5.76. The van der Waals surface area contributed by atoms with E-state index in [9.17, 15) is 23.1 Å². The van der Waals surface area contributed by atoms with Crippen LogP contribution in [0.15, 0.2) is 24.7 Å². The number of aliphatic hydroxyl groups is 1. The van der Waals surface area contributed by atoms with Crippen LogP contribution in [0.5, 0.6) is 0 Å². The van der Waals surface area contributed by atoms with Gasteiger partial charge in [-0.2, -0.15) is 18.3 Å². The molecule has 0 bridgehead atoms. The SMILES string of the molecule is O=C(N1CC(c2ccc(N3CCC(O)(C(F)(F)F)C3)nc2)C1)N1CC[C@H](c2ncn[nH]2)C1. The van der Waals surface area contributed by atoms with Crippen LogP contribution in [0.1, 0.15) is 36.1 Å². The number of carbonyl (C=O) groups excluding carboxylic acids is 1. The second-order valence-corrected chi connectivity index (χ2v) is 8.84. The molecule has 12 heteroatoms. The van der Waals surface area contributed by atoms with Crippen molar-refractivity contribution in [1.29, 1.82) is 0 Å². The lowest BCUT2D eigenvalue weighted by Crippen LogP contribution is -2.53. The average Bonchev–Trinajstić information content (AvgIpc) is 3.47. The number of pyridine rings is 1. The summed E-state index contributed by atoms with van der Waals surface area (Å²) < 4.78 is 39.1. The molecule has 0 radical (unpaired) electrons. The van der Waals surface area contributed by atoms with Crippen molar-refractivity contribution >= 4 is 11.8 Å². The van der Waals surface area contributed by atoms with Crippen molar-refractivity contribution < 1.29 is 23.1 Å². The molecule has 9 nitrogen and oxygen atoms in total. The molecule has 0 aromatic carbocycles. The predicted molar refractivity (Wildman–Crippen MR) is 107 cm³/mol. The van der Waals surface area contributed by atoms with E-state index in [1.54, 1.807) is 17.2 Å². The molecule has 2 N–H and O–H groups in total. The van der Waals surface area contributed by atoms with Crippen molar-refractivity contribution in [3.8, 4) is 0 Å². The van der Waals surface area contributed by atoms with E-state index in [1.807, 2.05) is 11.0 Å². The maximum atomic E-state index is 13.0. The molecular weight excluding hydrogens is 427 g/mol. The molecule has 3 fully saturated rings. The van der Waals surface area contributed by atoms with E-state index in [0.717, 1.165) is 17.8 Å². The summed E-state index contributed by atoms with van der Waals surface area (Å²) in [6, 6.07) is 3.54.